The van der Waals surface area contributed by atoms with Crippen molar-refractivity contribution in [2.45, 2.75) is 12.8 Å². The molecule has 1 atom stereocenters. The average Bonchev–Trinajstić information content (AvgIpc) is 2.70. The Morgan fingerprint density at radius 2 is 2.05 bits per heavy atom. The molecular formula is C12H13ClN6O. The van der Waals surface area contributed by atoms with Gasteiger partial charge in [-0.1, -0.05) is 23.7 Å². The van der Waals surface area contributed by atoms with Crippen molar-refractivity contribution in [1.82, 2.24) is 9.97 Å². The van der Waals surface area contributed by atoms with Crippen LogP contribution in [-0.2, 0) is 6.54 Å². The molecule has 0 radical (unpaired) electrons. The average molecular weight is 293 g/mol. The lowest BCUT2D eigenvalue weighted by atomic mass is 10.2. The Morgan fingerprint density at radius 3 is 2.75 bits per heavy atom. The molecule has 2 heterocycles. The molecule has 7 nitrogen and oxygen atoms in total. The summed E-state index contributed by atoms with van der Waals surface area (Å²) in [6.07, 6.45) is -0.531. The number of hydrogen-bond acceptors (Lipinski definition) is 6. The first kappa shape index (κ1) is 12.8. The molecule has 1 aliphatic heterocycles. The van der Waals surface area contributed by atoms with Crippen LogP contribution in [0.5, 0.6) is 0 Å². The maximum absolute atomic E-state index is 11.8. The highest BCUT2D eigenvalue weighted by Crippen LogP contribution is 2.29. The summed E-state index contributed by atoms with van der Waals surface area (Å²) in [5.74, 6) is 0.513. The molecule has 0 fully saturated rings. The lowest BCUT2D eigenvalue weighted by Crippen LogP contribution is -2.42. The van der Waals surface area contributed by atoms with Crippen LogP contribution in [0.1, 0.15) is 5.56 Å². The highest BCUT2D eigenvalue weighted by atomic mass is 35.5. The van der Waals surface area contributed by atoms with Crippen LogP contribution in [0.4, 0.5) is 17.5 Å². The third-order valence-corrected chi connectivity index (χ3v) is 3.34. The third-order valence-electron chi connectivity index (χ3n) is 3.08. The molecule has 104 valence electrons. The molecule has 3 rings (SSSR count). The molecule has 20 heavy (non-hydrogen) atoms. The highest BCUT2D eigenvalue weighted by Gasteiger charge is 2.30. The molecule has 0 amide bonds. The lowest BCUT2D eigenvalue weighted by Gasteiger charge is -2.22. The minimum absolute atomic E-state index is 0.0609. The van der Waals surface area contributed by atoms with Gasteiger partial charge in [0.1, 0.15) is 5.69 Å². The maximum Gasteiger partial charge on any atom is 0.277 e. The van der Waals surface area contributed by atoms with E-state index in [1.54, 1.807) is 17.0 Å². The van der Waals surface area contributed by atoms with E-state index in [4.69, 9.17) is 23.1 Å². The molecule has 0 spiro atoms. The van der Waals surface area contributed by atoms with E-state index >= 15 is 0 Å². The summed E-state index contributed by atoms with van der Waals surface area (Å²) >= 11 is 5.85. The molecule has 0 saturated carbocycles. The van der Waals surface area contributed by atoms with Crippen molar-refractivity contribution in [2.75, 3.05) is 16.0 Å². The topological polar surface area (TPSA) is 113 Å². The summed E-state index contributed by atoms with van der Waals surface area (Å²) in [4.78, 5) is 20.1. The van der Waals surface area contributed by atoms with Gasteiger partial charge in [-0.25, -0.2) is 0 Å². The Bertz CT molecular complexity index is 698. The molecule has 8 heteroatoms. The van der Waals surface area contributed by atoms with Crippen molar-refractivity contribution in [3.63, 3.8) is 0 Å². The van der Waals surface area contributed by atoms with Crippen molar-refractivity contribution < 1.29 is 0 Å². The second kappa shape index (κ2) is 4.69. The van der Waals surface area contributed by atoms with Crippen LogP contribution in [-0.4, -0.2) is 16.3 Å². The zero-order chi connectivity index (χ0) is 14.3. The second-order valence-corrected chi connectivity index (χ2v) is 4.93. The van der Waals surface area contributed by atoms with Crippen molar-refractivity contribution >= 4 is 29.1 Å². The van der Waals surface area contributed by atoms with Gasteiger partial charge in [0, 0.05) is 11.6 Å². The summed E-state index contributed by atoms with van der Waals surface area (Å²) in [6, 6.07) is 7.38. The van der Waals surface area contributed by atoms with Crippen molar-refractivity contribution in [3.8, 4) is 0 Å². The van der Waals surface area contributed by atoms with Gasteiger partial charge in [-0.3, -0.25) is 15.5 Å². The van der Waals surface area contributed by atoms with E-state index in [1.165, 1.54) is 0 Å². The third kappa shape index (κ3) is 2.17. The zero-order valence-electron chi connectivity index (χ0n) is 10.4. The van der Waals surface area contributed by atoms with Crippen LogP contribution in [0.2, 0.25) is 5.02 Å². The predicted octanol–water partition coefficient (Wildman–Crippen LogP) is 0.680. The van der Waals surface area contributed by atoms with Gasteiger partial charge in [0.25, 0.3) is 5.56 Å². The quantitative estimate of drug-likeness (QED) is 0.647. The first-order valence-electron chi connectivity index (χ1n) is 5.97. The zero-order valence-corrected chi connectivity index (χ0v) is 11.2. The normalized spacial score (nSPS) is 16.9. The van der Waals surface area contributed by atoms with E-state index in [1.807, 2.05) is 12.1 Å². The number of fused-ring (bicyclic) bond motifs is 1. The molecule has 0 bridgehead atoms. The van der Waals surface area contributed by atoms with Gasteiger partial charge >= 0.3 is 0 Å². The molecular weight excluding hydrogens is 280 g/mol. The van der Waals surface area contributed by atoms with Crippen molar-refractivity contribution in [2.24, 2.45) is 5.73 Å². The van der Waals surface area contributed by atoms with Crippen LogP contribution < -0.4 is 27.2 Å². The monoisotopic (exact) mass is 292 g/mol. The van der Waals surface area contributed by atoms with Gasteiger partial charge < -0.3 is 16.0 Å². The van der Waals surface area contributed by atoms with Gasteiger partial charge in [-0.05, 0) is 17.7 Å². The van der Waals surface area contributed by atoms with Crippen LogP contribution >= 0.6 is 11.6 Å². The number of nitrogens with zero attached hydrogens (tertiary/aromatic N) is 2. The number of halogens is 1. The number of nitrogens with two attached hydrogens (primary N) is 2. The molecule has 0 saturated heterocycles. The Kier molecular flexibility index (Phi) is 3.00. The van der Waals surface area contributed by atoms with E-state index < -0.39 is 6.29 Å². The molecule has 1 aliphatic rings. The number of H-pyrrole nitrogens is 1. The second-order valence-electron chi connectivity index (χ2n) is 4.49. The Morgan fingerprint density at radius 1 is 1.35 bits per heavy atom. The first-order valence-corrected chi connectivity index (χ1v) is 6.35. The highest BCUT2D eigenvalue weighted by molar-refractivity contribution is 6.30. The summed E-state index contributed by atoms with van der Waals surface area (Å²) in [5.41, 5.74) is 12.6. The Hall–Kier alpha value is -2.25. The number of nitrogens with one attached hydrogen (secondary N) is 2. The van der Waals surface area contributed by atoms with E-state index in [9.17, 15) is 4.79 Å². The summed E-state index contributed by atoms with van der Waals surface area (Å²) in [7, 11) is 0. The van der Waals surface area contributed by atoms with Crippen LogP contribution in [0.15, 0.2) is 29.1 Å². The number of benzene rings is 1. The smallest absolute Gasteiger partial charge is 0.277 e. The Balaban J connectivity index is 1.96. The van der Waals surface area contributed by atoms with E-state index in [0.29, 0.717) is 23.1 Å². The number of aromatic nitrogens is 2. The van der Waals surface area contributed by atoms with Crippen LogP contribution in [0.3, 0.4) is 0 Å². The van der Waals surface area contributed by atoms with E-state index in [0.717, 1.165) is 5.56 Å². The lowest BCUT2D eigenvalue weighted by molar-refractivity contribution is 0.691. The number of aromatic amines is 1. The first-order chi connectivity index (χ1) is 9.54. The molecule has 6 N–H and O–H groups in total. The minimum atomic E-state index is -0.531. The van der Waals surface area contributed by atoms with Gasteiger partial charge in [0.05, 0.1) is 0 Å². The van der Waals surface area contributed by atoms with Gasteiger partial charge in [-0.2, -0.15) is 4.98 Å². The van der Waals surface area contributed by atoms with Gasteiger partial charge in [0.15, 0.2) is 12.1 Å². The molecule has 2 aromatic rings. The summed E-state index contributed by atoms with van der Waals surface area (Å²) in [6.45, 7) is 0.494. The SMILES string of the molecule is Nc1nc2c(c(=O)[nH]1)NC(N)N2Cc1ccc(Cl)cc1. The van der Waals surface area contributed by atoms with Crippen LogP contribution in [0, 0.1) is 0 Å². The minimum Gasteiger partial charge on any atom is -0.369 e. The fraction of sp³-hybridized carbons (Fsp3) is 0.167. The number of anilines is 3. The molecule has 1 unspecified atom stereocenters. The van der Waals surface area contributed by atoms with Crippen LogP contribution in [0.25, 0.3) is 0 Å². The fourth-order valence-electron chi connectivity index (χ4n) is 2.13. The number of hydrogen-bond donors (Lipinski definition) is 4. The van der Waals surface area contributed by atoms with Crippen molar-refractivity contribution in [1.29, 1.82) is 0 Å². The molecule has 0 aliphatic carbocycles. The Labute approximate surface area is 119 Å². The van der Waals surface area contributed by atoms with E-state index in [-0.39, 0.29) is 11.5 Å². The largest absolute Gasteiger partial charge is 0.369 e. The molecule has 1 aromatic heterocycles. The van der Waals surface area contributed by atoms with Crippen molar-refractivity contribution in [3.05, 3.63) is 45.2 Å². The summed E-state index contributed by atoms with van der Waals surface area (Å²) < 4.78 is 0. The molecule has 1 aromatic carbocycles. The van der Waals surface area contributed by atoms with Gasteiger partial charge in [-0.15, -0.1) is 0 Å². The standard InChI is InChI=1S/C12H13ClN6O/c13-7-3-1-6(2-4-7)5-19-9-8(16-12(19)15)10(20)18-11(14)17-9/h1-4,12,16H,5,15H2,(H3,14,17,18,20). The number of rotatable bonds is 2. The predicted molar refractivity (Wildman–Crippen MR) is 78.5 cm³/mol. The van der Waals surface area contributed by atoms with E-state index in [2.05, 4.69) is 15.3 Å². The fourth-order valence-corrected chi connectivity index (χ4v) is 2.26. The maximum atomic E-state index is 11.8. The number of nitrogen functional groups attached to an aromatic ring is 1. The summed E-state index contributed by atoms with van der Waals surface area (Å²) in [5, 5.41) is 3.55. The van der Waals surface area contributed by atoms with Gasteiger partial charge in [0.2, 0.25) is 5.95 Å².